The minimum absolute atomic E-state index is 0.00964. The topological polar surface area (TPSA) is 9.72 Å². The molecular weight excluding hydrogens is 942 g/mol. The maximum absolute atomic E-state index is 2.57. The van der Waals surface area contributed by atoms with E-state index in [1.54, 1.807) is 0 Å². The van der Waals surface area contributed by atoms with Crippen LogP contribution in [0, 0.1) is 0 Å². The molecule has 11 aromatic rings. The Bertz CT molecular complexity index is 3710. The predicted octanol–water partition coefficient (Wildman–Crippen LogP) is 18.5. The SMILES string of the molecule is CC(C)(C)c1ccc(N(c2ccc(C(C)(C)C)cc2)c2cc3c4c(c2)N(c2cccc(-c5ccccc5)c2)c2cc(-c5ccccc5)ccc2B4c2ccc(-c4ccccc4)cc2N3c2cccc(-c3ccccc3)c2)cc1. The molecule has 78 heavy (non-hydrogen) atoms. The van der Waals surface area contributed by atoms with Gasteiger partial charge in [-0.2, -0.15) is 0 Å². The Morgan fingerprint density at radius 2 is 0.615 bits per heavy atom. The molecule has 11 aromatic carbocycles. The lowest BCUT2D eigenvalue weighted by Gasteiger charge is -2.45. The van der Waals surface area contributed by atoms with Gasteiger partial charge in [0.15, 0.2) is 0 Å². The van der Waals surface area contributed by atoms with E-state index in [2.05, 4.69) is 323 Å². The molecule has 13 rings (SSSR count). The third-order valence-electron chi connectivity index (χ3n) is 15.9. The van der Waals surface area contributed by atoms with Crippen LogP contribution in [0.5, 0.6) is 0 Å². The van der Waals surface area contributed by atoms with E-state index in [-0.39, 0.29) is 17.5 Å². The van der Waals surface area contributed by atoms with Crippen molar-refractivity contribution in [3.8, 4) is 44.5 Å². The van der Waals surface area contributed by atoms with Gasteiger partial charge in [0.05, 0.1) is 5.69 Å². The standard InChI is InChI=1S/C74H62BN3/c1-73(2,3)59-35-39-61(40-36-59)76(62-41-37-60(38-42-62)74(4,5)6)65-49-70-72-71(50-65)78(64-32-20-30-56(46-64)52-23-13-8-14-24-52)69-48-58(54-27-17-10-18-28-54)34-44-67(69)75(72)66-43-33-57(53-25-15-9-16-26-53)47-68(66)77(70)63-31-19-29-55(45-63)51-21-11-7-12-22-51/h7-50H,1-6H3. The summed E-state index contributed by atoms with van der Waals surface area (Å²) in [4.78, 5) is 7.62. The predicted molar refractivity (Wildman–Crippen MR) is 334 cm³/mol. The van der Waals surface area contributed by atoms with Crippen LogP contribution in [0.2, 0.25) is 0 Å². The smallest absolute Gasteiger partial charge is 0.252 e. The van der Waals surface area contributed by atoms with Crippen molar-refractivity contribution in [1.29, 1.82) is 0 Å². The molecule has 4 heteroatoms. The molecule has 0 unspecified atom stereocenters. The quantitative estimate of drug-likeness (QED) is 0.133. The summed E-state index contributed by atoms with van der Waals surface area (Å²) in [6.45, 7) is 13.7. The Kier molecular flexibility index (Phi) is 12.1. The van der Waals surface area contributed by atoms with Gasteiger partial charge in [-0.15, -0.1) is 0 Å². The van der Waals surface area contributed by atoms with Crippen LogP contribution in [0.25, 0.3) is 44.5 Å². The van der Waals surface area contributed by atoms with E-state index in [1.807, 2.05) is 0 Å². The van der Waals surface area contributed by atoms with Crippen LogP contribution in [0.3, 0.4) is 0 Å². The van der Waals surface area contributed by atoms with Crippen LogP contribution in [0.15, 0.2) is 267 Å². The van der Waals surface area contributed by atoms with Gasteiger partial charge in [0.25, 0.3) is 6.71 Å². The van der Waals surface area contributed by atoms with E-state index in [4.69, 9.17) is 0 Å². The van der Waals surface area contributed by atoms with Crippen molar-refractivity contribution < 1.29 is 0 Å². The Balaban J connectivity index is 1.15. The summed E-state index contributed by atoms with van der Waals surface area (Å²) in [5, 5.41) is 0. The summed E-state index contributed by atoms with van der Waals surface area (Å²) >= 11 is 0. The molecule has 0 atom stereocenters. The zero-order valence-electron chi connectivity index (χ0n) is 45.3. The first-order valence-electron chi connectivity index (χ1n) is 27.4. The summed E-state index contributed by atoms with van der Waals surface area (Å²) in [6, 6.07) is 99.4. The molecule has 0 N–H and O–H groups in total. The van der Waals surface area contributed by atoms with Crippen molar-refractivity contribution in [2.45, 2.75) is 52.4 Å². The van der Waals surface area contributed by atoms with E-state index < -0.39 is 0 Å². The average molecular weight is 1000 g/mol. The van der Waals surface area contributed by atoms with Crippen LogP contribution in [-0.4, -0.2) is 6.71 Å². The molecule has 0 spiro atoms. The minimum Gasteiger partial charge on any atom is -0.311 e. The van der Waals surface area contributed by atoms with E-state index in [9.17, 15) is 0 Å². The Hall–Kier alpha value is -9.12. The van der Waals surface area contributed by atoms with Gasteiger partial charge in [0.2, 0.25) is 0 Å². The van der Waals surface area contributed by atoms with E-state index >= 15 is 0 Å². The lowest BCUT2D eigenvalue weighted by atomic mass is 9.33. The van der Waals surface area contributed by atoms with Crippen LogP contribution >= 0.6 is 0 Å². The molecule has 0 amide bonds. The lowest BCUT2D eigenvalue weighted by molar-refractivity contribution is 0.590. The Morgan fingerprint density at radius 1 is 0.282 bits per heavy atom. The van der Waals surface area contributed by atoms with Crippen LogP contribution in [0.4, 0.5) is 51.2 Å². The van der Waals surface area contributed by atoms with Crippen molar-refractivity contribution in [1.82, 2.24) is 0 Å². The summed E-state index contributed by atoms with van der Waals surface area (Å²) < 4.78 is 0. The third kappa shape index (κ3) is 8.87. The highest BCUT2D eigenvalue weighted by Crippen LogP contribution is 2.50. The molecule has 0 fully saturated rings. The monoisotopic (exact) mass is 1000 g/mol. The molecule has 2 aliphatic heterocycles. The number of rotatable bonds is 9. The molecule has 0 saturated carbocycles. The van der Waals surface area contributed by atoms with E-state index in [0.29, 0.717) is 0 Å². The number of anilines is 9. The van der Waals surface area contributed by atoms with Crippen LogP contribution in [-0.2, 0) is 10.8 Å². The van der Waals surface area contributed by atoms with Crippen LogP contribution in [0.1, 0.15) is 52.7 Å². The van der Waals surface area contributed by atoms with Crippen molar-refractivity contribution in [2.24, 2.45) is 0 Å². The highest BCUT2D eigenvalue weighted by Gasteiger charge is 2.44. The number of benzene rings is 11. The van der Waals surface area contributed by atoms with Crippen molar-refractivity contribution in [3.63, 3.8) is 0 Å². The van der Waals surface area contributed by atoms with Gasteiger partial charge in [-0.05, 0) is 156 Å². The summed E-state index contributed by atoms with van der Waals surface area (Å²) in [6.07, 6.45) is 0. The molecule has 376 valence electrons. The largest absolute Gasteiger partial charge is 0.311 e. The first-order chi connectivity index (χ1) is 37.9. The highest BCUT2D eigenvalue weighted by molar-refractivity contribution is 7.00. The first kappa shape index (κ1) is 48.5. The number of hydrogen-bond acceptors (Lipinski definition) is 3. The second kappa shape index (κ2) is 19.5. The highest BCUT2D eigenvalue weighted by atomic mass is 15.2. The summed E-state index contributed by atoms with van der Waals surface area (Å²) in [5.41, 5.74) is 25.8. The van der Waals surface area contributed by atoms with Crippen molar-refractivity contribution in [2.75, 3.05) is 14.7 Å². The fourth-order valence-electron chi connectivity index (χ4n) is 11.9. The fraction of sp³-hybridized carbons (Fsp3) is 0.108. The van der Waals surface area contributed by atoms with Crippen molar-refractivity contribution in [3.05, 3.63) is 278 Å². The maximum Gasteiger partial charge on any atom is 0.252 e. The fourth-order valence-corrected chi connectivity index (χ4v) is 11.9. The molecular formula is C74H62BN3. The average Bonchev–Trinajstić information content (AvgIpc) is 3.67. The maximum atomic E-state index is 2.57. The molecule has 3 nitrogen and oxygen atoms in total. The van der Waals surface area contributed by atoms with Crippen molar-refractivity contribution >= 4 is 74.3 Å². The summed E-state index contributed by atoms with van der Waals surface area (Å²) in [7, 11) is 0. The van der Waals surface area contributed by atoms with Gasteiger partial charge in [-0.25, -0.2) is 0 Å². The second-order valence-corrected chi connectivity index (χ2v) is 23.0. The number of nitrogens with zero attached hydrogens (tertiary/aromatic N) is 3. The minimum atomic E-state index is -0.101. The Morgan fingerprint density at radius 3 is 0.962 bits per heavy atom. The van der Waals surface area contributed by atoms with Gasteiger partial charge in [0.1, 0.15) is 0 Å². The molecule has 2 heterocycles. The third-order valence-corrected chi connectivity index (χ3v) is 15.9. The molecule has 0 saturated heterocycles. The summed E-state index contributed by atoms with van der Waals surface area (Å²) in [5.74, 6) is 0. The van der Waals surface area contributed by atoms with Gasteiger partial charge in [0, 0.05) is 45.5 Å². The van der Waals surface area contributed by atoms with Gasteiger partial charge < -0.3 is 14.7 Å². The Labute approximate surface area is 461 Å². The first-order valence-corrected chi connectivity index (χ1v) is 27.4. The van der Waals surface area contributed by atoms with E-state index in [1.165, 1.54) is 72.0 Å². The second-order valence-electron chi connectivity index (χ2n) is 23.0. The van der Waals surface area contributed by atoms with E-state index in [0.717, 1.165) is 51.2 Å². The molecule has 2 aliphatic rings. The van der Waals surface area contributed by atoms with Gasteiger partial charge in [-0.3, -0.25) is 0 Å². The molecule has 0 aromatic heterocycles. The zero-order chi connectivity index (χ0) is 53.1. The van der Waals surface area contributed by atoms with Gasteiger partial charge in [-0.1, -0.05) is 236 Å². The number of fused-ring (bicyclic) bond motifs is 4. The number of hydrogen-bond donors (Lipinski definition) is 0. The lowest BCUT2D eigenvalue weighted by Crippen LogP contribution is -2.61. The normalized spacial score (nSPS) is 12.7. The zero-order valence-corrected chi connectivity index (χ0v) is 45.3. The van der Waals surface area contributed by atoms with Gasteiger partial charge >= 0.3 is 0 Å². The molecule has 0 radical (unpaired) electrons. The molecule has 0 aliphatic carbocycles. The molecule has 0 bridgehead atoms. The van der Waals surface area contributed by atoms with Crippen LogP contribution < -0.4 is 31.1 Å².